The van der Waals surface area contributed by atoms with Crippen LogP contribution in [-0.2, 0) is 28.4 Å². The van der Waals surface area contributed by atoms with Crippen LogP contribution < -0.4 is 10.1 Å². The predicted octanol–water partition coefficient (Wildman–Crippen LogP) is 3.24. The number of hydrogen-bond acceptors (Lipinski definition) is 5. The summed E-state index contributed by atoms with van der Waals surface area (Å²) in [6.45, 7) is 2.75. The SMILES string of the molecule is Cc1nc(S(=O)(=O)N2CCC(C(=O)NCc3cccc(Oc4ccccc4)c3)CC2)cn1C. The second-order valence-electron chi connectivity index (χ2n) is 8.20. The minimum atomic E-state index is -3.64. The number of rotatable bonds is 7. The van der Waals surface area contributed by atoms with E-state index in [-0.39, 0.29) is 16.9 Å². The number of benzene rings is 2. The van der Waals surface area contributed by atoms with E-state index in [4.69, 9.17) is 4.74 Å². The third-order valence-electron chi connectivity index (χ3n) is 5.86. The molecule has 33 heavy (non-hydrogen) atoms. The van der Waals surface area contributed by atoms with Crippen LogP contribution >= 0.6 is 0 Å². The number of nitrogens with zero attached hydrogens (tertiary/aromatic N) is 3. The van der Waals surface area contributed by atoms with E-state index >= 15 is 0 Å². The normalized spacial score (nSPS) is 15.3. The second kappa shape index (κ2) is 9.76. The van der Waals surface area contributed by atoms with E-state index in [1.165, 1.54) is 10.5 Å². The molecule has 0 unspecified atom stereocenters. The fraction of sp³-hybridized carbons (Fsp3) is 0.333. The van der Waals surface area contributed by atoms with Gasteiger partial charge in [-0.3, -0.25) is 4.79 Å². The average molecular weight is 469 g/mol. The number of carbonyl (C=O) groups is 1. The first kappa shape index (κ1) is 23.0. The van der Waals surface area contributed by atoms with Gasteiger partial charge in [0.05, 0.1) is 0 Å². The van der Waals surface area contributed by atoms with E-state index in [2.05, 4.69) is 10.3 Å². The maximum atomic E-state index is 12.8. The molecule has 1 aromatic heterocycles. The Balaban J connectivity index is 1.29. The van der Waals surface area contributed by atoms with E-state index in [0.717, 1.165) is 11.3 Å². The lowest BCUT2D eigenvalue weighted by Crippen LogP contribution is -2.43. The molecule has 9 heteroatoms. The van der Waals surface area contributed by atoms with Gasteiger partial charge in [0, 0.05) is 38.8 Å². The molecule has 2 heterocycles. The first-order chi connectivity index (χ1) is 15.8. The highest BCUT2D eigenvalue weighted by Gasteiger charge is 2.33. The van der Waals surface area contributed by atoms with Gasteiger partial charge in [0.15, 0.2) is 5.03 Å². The van der Waals surface area contributed by atoms with Gasteiger partial charge >= 0.3 is 0 Å². The summed E-state index contributed by atoms with van der Waals surface area (Å²) in [6, 6.07) is 17.1. The van der Waals surface area contributed by atoms with E-state index in [9.17, 15) is 13.2 Å². The van der Waals surface area contributed by atoms with Crippen LogP contribution in [0.4, 0.5) is 0 Å². The molecule has 0 bridgehead atoms. The van der Waals surface area contributed by atoms with Crippen molar-refractivity contribution in [3.63, 3.8) is 0 Å². The first-order valence-electron chi connectivity index (χ1n) is 10.9. The lowest BCUT2D eigenvalue weighted by Gasteiger charge is -2.30. The Kier molecular flexibility index (Phi) is 6.80. The number of ether oxygens (including phenoxy) is 1. The van der Waals surface area contributed by atoms with Crippen LogP contribution in [0, 0.1) is 12.8 Å². The molecule has 2 aromatic carbocycles. The van der Waals surface area contributed by atoms with Crippen LogP contribution in [0.3, 0.4) is 0 Å². The molecule has 174 valence electrons. The van der Waals surface area contributed by atoms with Crippen molar-refractivity contribution in [1.29, 1.82) is 0 Å². The van der Waals surface area contributed by atoms with Crippen LogP contribution in [0.15, 0.2) is 65.8 Å². The number of piperidine rings is 1. The first-order valence-corrected chi connectivity index (χ1v) is 12.4. The van der Waals surface area contributed by atoms with Crippen molar-refractivity contribution in [2.45, 2.75) is 31.3 Å². The quantitative estimate of drug-likeness (QED) is 0.575. The average Bonchev–Trinajstić information content (AvgIpc) is 3.17. The van der Waals surface area contributed by atoms with E-state index in [1.54, 1.807) is 18.5 Å². The van der Waals surface area contributed by atoms with E-state index in [1.807, 2.05) is 54.6 Å². The number of para-hydroxylation sites is 1. The monoisotopic (exact) mass is 468 g/mol. The van der Waals surface area contributed by atoms with Crippen molar-refractivity contribution in [1.82, 2.24) is 19.2 Å². The Morgan fingerprint density at radius 2 is 1.79 bits per heavy atom. The van der Waals surface area contributed by atoms with Gasteiger partial charge in [0.2, 0.25) is 5.91 Å². The van der Waals surface area contributed by atoms with Crippen LogP contribution in [0.2, 0.25) is 0 Å². The summed E-state index contributed by atoms with van der Waals surface area (Å²) in [4.78, 5) is 16.8. The minimum absolute atomic E-state index is 0.0583. The number of aryl methyl sites for hydroxylation is 2. The molecular formula is C24H28N4O4S. The van der Waals surface area contributed by atoms with E-state index < -0.39 is 10.0 Å². The molecule has 1 aliphatic heterocycles. The summed E-state index contributed by atoms with van der Waals surface area (Å²) >= 11 is 0. The molecule has 0 spiro atoms. The summed E-state index contributed by atoms with van der Waals surface area (Å²) in [7, 11) is -1.88. The smallest absolute Gasteiger partial charge is 0.262 e. The number of aromatic nitrogens is 2. The van der Waals surface area contributed by atoms with Gasteiger partial charge in [-0.2, -0.15) is 4.31 Å². The van der Waals surface area contributed by atoms with Crippen molar-refractivity contribution in [3.05, 3.63) is 72.2 Å². The lowest BCUT2D eigenvalue weighted by atomic mass is 9.97. The number of sulfonamides is 1. The minimum Gasteiger partial charge on any atom is -0.457 e. The maximum absolute atomic E-state index is 12.8. The summed E-state index contributed by atoms with van der Waals surface area (Å²) in [5.41, 5.74) is 0.933. The molecular weight excluding hydrogens is 440 g/mol. The lowest BCUT2D eigenvalue weighted by molar-refractivity contribution is -0.126. The third-order valence-corrected chi connectivity index (χ3v) is 7.63. The van der Waals surface area contributed by atoms with Crippen molar-refractivity contribution < 1.29 is 17.9 Å². The zero-order chi connectivity index (χ0) is 23.4. The maximum Gasteiger partial charge on any atom is 0.262 e. The molecule has 0 saturated carbocycles. The molecule has 1 N–H and O–H groups in total. The zero-order valence-electron chi connectivity index (χ0n) is 18.8. The van der Waals surface area contributed by atoms with Gasteiger partial charge in [-0.25, -0.2) is 13.4 Å². The Hall–Kier alpha value is -3.17. The van der Waals surface area contributed by atoms with Crippen molar-refractivity contribution in [2.75, 3.05) is 13.1 Å². The van der Waals surface area contributed by atoms with Gasteiger partial charge in [-0.05, 0) is 49.6 Å². The molecule has 8 nitrogen and oxygen atoms in total. The second-order valence-corrected chi connectivity index (χ2v) is 10.1. The Morgan fingerprint density at radius 3 is 2.45 bits per heavy atom. The standard InChI is InChI=1S/C24H28N4O4S/c1-18-26-23(17-27(18)2)33(30,31)28-13-11-20(12-14-28)24(29)25-16-19-7-6-10-22(15-19)32-21-8-4-3-5-9-21/h3-10,15,17,20H,11-14,16H2,1-2H3,(H,25,29). The number of carbonyl (C=O) groups excluding carboxylic acids is 1. The summed E-state index contributed by atoms with van der Waals surface area (Å²) in [6.07, 6.45) is 2.49. The molecule has 0 atom stereocenters. The molecule has 0 aliphatic carbocycles. The van der Waals surface area contributed by atoms with Gasteiger partial charge in [0.1, 0.15) is 17.3 Å². The van der Waals surface area contributed by atoms with Gasteiger partial charge in [-0.1, -0.05) is 30.3 Å². The summed E-state index contributed by atoms with van der Waals surface area (Å²) in [5, 5.41) is 3.04. The van der Waals surface area contributed by atoms with Crippen molar-refractivity contribution >= 4 is 15.9 Å². The zero-order valence-corrected chi connectivity index (χ0v) is 19.6. The van der Waals surface area contributed by atoms with Crippen LogP contribution in [0.1, 0.15) is 24.2 Å². The fourth-order valence-corrected chi connectivity index (χ4v) is 5.31. The Bertz CT molecular complexity index is 1200. The highest BCUT2D eigenvalue weighted by molar-refractivity contribution is 7.89. The van der Waals surface area contributed by atoms with E-state index in [0.29, 0.717) is 44.0 Å². The topological polar surface area (TPSA) is 93.5 Å². The summed E-state index contributed by atoms with van der Waals surface area (Å²) < 4.78 is 34.6. The number of nitrogens with one attached hydrogen (secondary N) is 1. The highest BCUT2D eigenvalue weighted by Crippen LogP contribution is 2.24. The van der Waals surface area contributed by atoms with Crippen LogP contribution in [-0.4, -0.2) is 41.3 Å². The fourth-order valence-electron chi connectivity index (χ4n) is 3.82. The van der Waals surface area contributed by atoms with Gasteiger partial charge in [-0.15, -0.1) is 0 Å². The summed E-state index contributed by atoms with van der Waals surface area (Å²) in [5.74, 6) is 1.82. The number of amides is 1. The molecule has 0 radical (unpaired) electrons. The number of imidazole rings is 1. The molecule has 4 rings (SSSR count). The molecule has 1 fully saturated rings. The third kappa shape index (κ3) is 5.43. The number of hydrogen-bond donors (Lipinski definition) is 1. The molecule has 3 aromatic rings. The largest absolute Gasteiger partial charge is 0.457 e. The molecule has 1 aliphatic rings. The van der Waals surface area contributed by atoms with Gasteiger partial charge in [0.25, 0.3) is 10.0 Å². The van der Waals surface area contributed by atoms with Crippen LogP contribution in [0.5, 0.6) is 11.5 Å². The van der Waals surface area contributed by atoms with Gasteiger partial charge < -0.3 is 14.6 Å². The highest BCUT2D eigenvalue weighted by atomic mass is 32.2. The van der Waals surface area contributed by atoms with Crippen LogP contribution in [0.25, 0.3) is 0 Å². The Morgan fingerprint density at radius 1 is 1.09 bits per heavy atom. The van der Waals surface area contributed by atoms with Crippen molar-refractivity contribution in [2.24, 2.45) is 13.0 Å². The Labute approximate surface area is 194 Å². The van der Waals surface area contributed by atoms with Crippen molar-refractivity contribution in [3.8, 4) is 11.5 Å². The molecule has 1 amide bonds. The predicted molar refractivity (Wildman–Crippen MR) is 124 cm³/mol. The molecule has 1 saturated heterocycles.